The van der Waals surface area contributed by atoms with Gasteiger partial charge in [0, 0.05) is 38.7 Å². The van der Waals surface area contributed by atoms with Crippen LogP contribution in [0.4, 0.5) is 10.1 Å². The Kier molecular flexibility index (Phi) is 13.2. The van der Waals surface area contributed by atoms with Crippen molar-refractivity contribution in [2.24, 2.45) is 10.9 Å². The van der Waals surface area contributed by atoms with Crippen LogP contribution >= 0.6 is 0 Å². The minimum atomic E-state index is -0.415. The molecular formula is C24H41FN4O. The molecule has 0 bridgehead atoms. The number of aliphatic imine (C=N–C) groups is 1. The minimum absolute atomic E-state index is 0.293. The van der Waals surface area contributed by atoms with Crippen LogP contribution in [0.15, 0.2) is 23.2 Å². The van der Waals surface area contributed by atoms with E-state index in [1.165, 1.54) is 51.3 Å². The number of aldehydes is 1. The van der Waals surface area contributed by atoms with E-state index < -0.39 is 5.82 Å². The number of nitrogens with one attached hydrogen (secondary N) is 1. The molecule has 2 rings (SSSR count). The maximum atomic E-state index is 13.2. The van der Waals surface area contributed by atoms with Gasteiger partial charge < -0.3 is 15.1 Å². The topological polar surface area (TPSA) is 47.9 Å². The fourth-order valence-corrected chi connectivity index (χ4v) is 3.40. The molecule has 0 amide bonds. The molecule has 0 atom stereocenters. The van der Waals surface area contributed by atoms with Crippen molar-refractivity contribution in [2.75, 3.05) is 46.3 Å². The van der Waals surface area contributed by atoms with Gasteiger partial charge in [-0.15, -0.1) is 0 Å². The fraction of sp³-hybridized carbons (Fsp3) is 0.667. The Morgan fingerprint density at radius 2 is 2.07 bits per heavy atom. The number of hydrogen-bond acceptors (Lipinski definition) is 4. The van der Waals surface area contributed by atoms with Crippen LogP contribution in [0.3, 0.4) is 0 Å². The Labute approximate surface area is 182 Å². The number of hydrogen-bond donors (Lipinski definition) is 1. The largest absolute Gasteiger partial charge is 0.363 e. The van der Waals surface area contributed by atoms with Gasteiger partial charge in [0.2, 0.25) is 0 Å². The Hall–Kier alpha value is -1.79. The summed E-state index contributed by atoms with van der Waals surface area (Å²) < 4.78 is 13.2. The van der Waals surface area contributed by atoms with E-state index in [2.05, 4.69) is 47.8 Å². The van der Waals surface area contributed by atoms with Crippen LogP contribution in [0, 0.1) is 11.7 Å². The molecule has 170 valence electrons. The van der Waals surface area contributed by atoms with Crippen molar-refractivity contribution in [2.45, 2.75) is 53.4 Å². The molecule has 1 aromatic rings. The van der Waals surface area contributed by atoms with Crippen molar-refractivity contribution in [1.29, 1.82) is 0 Å². The number of likely N-dealkylation sites (N-methyl/N-ethyl adjacent to an activating group) is 1. The normalized spacial score (nSPS) is 15.4. The van der Waals surface area contributed by atoms with Gasteiger partial charge in [-0.05, 0) is 56.6 Å². The van der Waals surface area contributed by atoms with Gasteiger partial charge in [-0.3, -0.25) is 4.79 Å². The molecule has 0 aromatic heterocycles. The van der Waals surface area contributed by atoms with E-state index in [9.17, 15) is 9.18 Å². The fourth-order valence-electron chi connectivity index (χ4n) is 3.40. The monoisotopic (exact) mass is 420 g/mol. The lowest BCUT2D eigenvalue weighted by Crippen LogP contribution is -2.30. The van der Waals surface area contributed by atoms with E-state index in [1.54, 1.807) is 6.07 Å². The van der Waals surface area contributed by atoms with Gasteiger partial charge in [0.05, 0.1) is 5.69 Å². The Bertz CT molecular complexity index is 640. The maximum absolute atomic E-state index is 13.2. The second-order valence-electron chi connectivity index (χ2n) is 8.26. The highest BCUT2D eigenvalue weighted by molar-refractivity contribution is 5.89. The molecular weight excluding hydrogens is 379 g/mol. The van der Waals surface area contributed by atoms with Gasteiger partial charge in [0.15, 0.2) is 6.29 Å². The summed E-state index contributed by atoms with van der Waals surface area (Å²) in [4.78, 5) is 20.3. The predicted octanol–water partition coefficient (Wildman–Crippen LogP) is 4.75. The number of carbonyl (C=O) groups excluding carboxylic acids is 1. The molecule has 30 heavy (non-hydrogen) atoms. The first-order valence-electron chi connectivity index (χ1n) is 11.4. The van der Waals surface area contributed by atoms with Crippen LogP contribution in [-0.4, -0.2) is 68.2 Å². The first-order chi connectivity index (χ1) is 14.4. The number of unbranched alkanes of at least 4 members (excludes halogenated alkanes) is 1. The second-order valence-corrected chi connectivity index (χ2v) is 8.26. The zero-order valence-electron chi connectivity index (χ0n) is 19.6. The average Bonchev–Trinajstić information content (AvgIpc) is 3.00. The van der Waals surface area contributed by atoms with Crippen molar-refractivity contribution in [1.82, 2.24) is 15.1 Å². The highest BCUT2D eigenvalue weighted by Crippen LogP contribution is 2.20. The lowest BCUT2D eigenvalue weighted by Gasteiger charge is -2.23. The third-order valence-corrected chi connectivity index (χ3v) is 5.08. The minimum Gasteiger partial charge on any atom is -0.363 e. The number of nitrogens with zero attached hydrogens (tertiary/aromatic N) is 3. The summed E-state index contributed by atoms with van der Waals surface area (Å²) in [5.41, 5.74) is 0.829. The highest BCUT2D eigenvalue weighted by atomic mass is 19.1. The molecule has 6 heteroatoms. The first-order valence-corrected chi connectivity index (χ1v) is 11.4. The molecule has 1 N–H and O–H groups in total. The van der Waals surface area contributed by atoms with Crippen molar-refractivity contribution >= 4 is 17.8 Å². The Morgan fingerprint density at radius 1 is 1.30 bits per heavy atom. The Morgan fingerprint density at radius 3 is 2.70 bits per heavy atom. The summed E-state index contributed by atoms with van der Waals surface area (Å²) >= 11 is 0. The second kappa shape index (κ2) is 15.1. The van der Waals surface area contributed by atoms with Crippen LogP contribution in [0.1, 0.15) is 63.7 Å². The zero-order valence-corrected chi connectivity index (χ0v) is 19.6. The average molecular weight is 421 g/mol. The summed E-state index contributed by atoms with van der Waals surface area (Å²) in [5.74, 6) is 1.06. The van der Waals surface area contributed by atoms with Crippen LogP contribution in [0.2, 0.25) is 0 Å². The van der Waals surface area contributed by atoms with Gasteiger partial charge in [0.1, 0.15) is 11.7 Å². The lowest BCUT2D eigenvalue weighted by atomic mass is 10.1. The molecule has 0 unspecified atom stereocenters. The van der Waals surface area contributed by atoms with Crippen molar-refractivity contribution in [3.8, 4) is 0 Å². The standard InChI is InChI=1S/C17H25FN2O.C7H16N2/c1-5-6-7-17(20(4)11-13(2)3)19-16-9-8-15(18)10-14(16)12-21;1-2-9-6-3-4-8-5-7-9/h8-10,12-13H,5-7,11H2,1-4H3;8H,2-7H2,1H3. The van der Waals surface area contributed by atoms with Gasteiger partial charge >= 0.3 is 0 Å². The summed E-state index contributed by atoms with van der Waals surface area (Å²) in [6.45, 7) is 15.7. The van der Waals surface area contributed by atoms with Crippen molar-refractivity contribution in [3.05, 3.63) is 29.6 Å². The summed E-state index contributed by atoms with van der Waals surface area (Å²) in [7, 11) is 2.01. The van der Waals surface area contributed by atoms with Crippen molar-refractivity contribution in [3.63, 3.8) is 0 Å². The first kappa shape index (κ1) is 26.2. The van der Waals surface area contributed by atoms with E-state index in [4.69, 9.17) is 0 Å². The van der Waals surface area contributed by atoms with E-state index in [0.717, 1.165) is 31.6 Å². The van der Waals surface area contributed by atoms with Crippen LogP contribution in [-0.2, 0) is 0 Å². The molecule has 1 heterocycles. The van der Waals surface area contributed by atoms with E-state index in [-0.39, 0.29) is 0 Å². The van der Waals surface area contributed by atoms with E-state index in [1.807, 2.05) is 7.05 Å². The number of amidine groups is 1. The lowest BCUT2D eigenvalue weighted by molar-refractivity contribution is 0.112. The molecule has 0 saturated carbocycles. The molecule has 5 nitrogen and oxygen atoms in total. The number of halogens is 1. The predicted molar refractivity (Wildman–Crippen MR) is 125 cm³/mol. The van der Waals surface area contributed by atoms with Gasteiger partial charge in [-0.1, -0.05) is 34.1 Å². The molecule has 1 fully saturated rings. The molecule has 1 saturated heterocycles. The molecule has 0 radical (unpaired) electrons. The molecule has 1 aliphatic heterocycles. The van der Waals surface area contributed by atoms with Crippen LogP contribution in [0.25, 0.3) is 0 Å². The molecule has 0 aliphatic carbocycles. The van der Waals surface area contributed by atoms with E-state index in [0.29, 0.717) is 23.5 Å². The van der Waals surface area contributed by atoms with Gasteiger partial charge in [0.25, 0.3) is 0 Å². The summed E-state index contributed by atoms with van der Waals surface area (Å²) in [6.07, 6.45) is 4.95. The number of carbonyl (C=O) groups is 1. The third kappa shape index (κ3) is 10.3. The summed E-state index contributed by atoms with van der Waals surface area (Å²) in [5, 5.41) is 3.37. The molecule has 1 aromatic carbocycles. The third-order valence-electron chi connectivity index (χ3n) is 5.08. The quantitative estimate of drug-likeness (QED) is 0.375. The molecule has 1 aliphatic rings. The maximum Gasteiger partial charge on any atom is 0.152 e. The number of rotatable bonds is 8. The molecule has 0 spiro atoms. The smallest absolute Gasteiger partial charge is 0.152 e. The van der Waals surface area contributed by atoms with E-state index >= 15 is 0 Å². The SMILES string of the molecule is CCCCC(=Nc1ccc(F)cc1C=O)N(C)CC(C)C.CCN1CCCNCC1. The van der Waals surface area contributed by atoms with Crippen LogP contribution in [0.5, 0.6) is 0 Å². The highest BCUT2D eigenvalue weighted by Gasteiger charge is 2.10. The Balaban J connectivity index is 0.000000414. The van der Waals surface area contributed by atoms with Gasteiger partial charge in [-0.25, -0.2) is 9.38 Å². The zero-order chi connectivity index (χ0) is 22.4. The van der Waals surface area contributed by atoms with Crippen LogP contribution < -0.4 is 5.32 Å². The summed E-state index contributed by atoms with van der Waals surface area (Å²) in [6, 6.07) is 4.13. The van der Waals surface area contributed by atoms with Gasteiger partial charge in [-0.2, -0.15) is 0 Å². The van der Waals surface area contributed by atoms with Crippen molar-refractivity contribution < 1.29 is 9.18 Å². The number of benzene rings is 1.